The smallest absolute Gasteiger partial charge is 0.159 e. The zero-order valence-electron chi connectivity index (χ0n) is 40.9. The molecule has 0 bridgehead atoms. The molecule has 10 aromatic rings. The number of para-hydroxylation sites is 8. The molecule has 68 heavy (non-hydrogen) atoms. The fourth-order valence-electron chi connectivity index (χ4n) is 8.85. The van der Waals surface area contributed by atoms with Crippen LogP contribution < -0.4 is 9.80 Å². The zero-order valence-corrected chi connectivity index (χ0v) is 44.1. The van der Waals surface area contributed by atoms with E-state index in [0.717, 1.165) is 65.7 Å². The number of nitrogens with zero attached hydrogens (tertiary/aromatic N) is 2. The van der Waals surface area contributed by atoms with Gasteiger partial charge in [-0.25, -0.2) is 0 Å². The molecular weight excluding hydrogens is 965 g/mol. The molecule has 0 spiro atoms. The van der Waals surface area contributed by atoms with E-state index < -0.39 is 0 Å². The molecule has 0 aliphatic carbocycles. The van der Waals surface area contributed by atoms with Crippen LogP contribution >= 0.6 is 31.9 Å². The van der Waals surface area contributed by atoms with Crippen molar-refractivity contribution in [3.05, 3.63) is 203 Å². The Kier molecular flexibility index (Phi) is 14.4. The van der Waals surface area contributed by atoms with E-state index in [-0.39, 0.29) is 5.41 Å². The highest BCUT2D eigenvalue weighted by atomic mass is 79.9. The molecule has 0 saturated carbocycles. The molecule has 346 valence electrons. The molecular formula is C62H62Br2N2O2. The summed E-state index contributed by atoms with van der Waals surface area (Å²) in [6, 6.07) is 64.0. The normalized spacial score (nSPS) is 11.8. The lowest BCUT2D eigenvalue weighted by Crippen LogP contribution is -2.13. The second-order valence-corrected chi connectivity index (χ2v) is 23.1. The first-order valence-corrected chi connectivity index (χ1v) is 25.2. The largest absolute Gasteiger partial charge is 0.454 e. The molecule has 6 heteroatoms. The number of benzene rings is 8. The van der Waals surface area contributed by atoms with E-state index in [9.17, 15) is 0 Å². The SMILES string of the molecule is CC(C)(C)Br.CC(C)c1ccccc1N(c1ccccc1)c1cccc2c1oc1c(Br)cccc12.CC(C)c1ccccc1N(c1ccccc1)c1cccc2c1oc1c(C(C)(C)C)cccc12. The minimum Gasteiger partial charge on any atom is -0.454 e. The minimum absolute atomic E-state index is 0.00307. The summed E-state index contributed by atoms with van der Waals surface area (Å²) in [5, 5.41) is 4.55. The lowest BCUT2D eigenvalue weighted by Gasteiger charge is -2.28. The number of halogens is 2. The first-order valence-electron chi connectivity index (χ1n) is 23.6. The predicted molar refractivity (Wildman–Crippen MR) is 300 cm³/mol. The van der Waals surface area contributed by atoms with E-state index in [4.69, 9.17) is 8.83 Å². The van der Waals surface area contributed by atoms with Gasteiger partial charge < -0.3 is 18.6 Å². The quantitative estimate of drug-likeness (QED) is 0.142. The van der Waals surface area contributed by atoms with Crippen LogP contribution in [0.2, 0.25) is 0 Å². The Morgan fingerprint density at radius 2 is 0.721 bits per heavy atom. The first-order chi connectivity index (χ1) is 32.5. The Hall–Kier alpha value is -6.08. The van der Waals surface area contributed by atoms with Gasteiger partial charge in [-0.3, -0.25) is 0 Å². The summed E-state index contributed by atoms with van der Waals surface area (Å²) >= 11 is 7.02. The molecule has 0 radical (unpaired) electrons. The maximum atomic E-state index is 6.72. The van der Waals surface area contributed by atoms with E-state index in [0.29, 0.717) is 16.2 Å². The van der Waals surface area contributed by atoms with Crippen molar-refractivity contribution in [3.8, 4) is 0 Å². The van der Waals surface area contributed by atoms with Crippen LogP contribution in [0.5, 0.6) is 0 Å². The lowest BCUT2D eigenvalue weighted by atomic mass is 9.86. The second kappa shape index (κ2) is 20.3. The van der Waals surface area contributed by atoms with Crippen molar-refractivity contribution in [1.82, 2.24) is 0 Å². The Morgan fingerprint density at radius 3 is 1.15 bits per heavy atom. The Bertz CT molecular complexity index is 3290. The van der Waals surface area contributed by atoms with Crippen LogP contribution in [0, 0.1) is 0 Å². The molecule has 8 aromatic carbocycles. The number of hydrogen-bond donors (Lipinski definition) is 0. The molecule has 0 aliphatic heterocycles. The molecule has 0 saturated heterocycles. The van der Waals surface area contributed by atoms with Gasteiger partial charge in [-0.2, -0.15) is 0 Å². The predicted octanol–water partition coefficient (Wildman–Crippen LogP) is 20.6. The average Bonchev–Trinajstić information content (AvgIpc) is 3.90. The van der Waals surface area contributed by atoms with Crippen LogP contribution in [0.15, 0.2) is 195 Å². The fraction of sp³-hybridized carbons (Fsp3) is 0.226. The summed E-state index contributed by atoms with van der Waals surface area (Å²) in [5.74, 6) is 0.797. The molecule has 0 aliphatic rings. The number of rotatable bonds is 8. The summed E-state index contributed by atoms with van der Waals surface area (Å²) in [6.45, 7) is 22.0. The molecule has 0 atom stereocenters. The van der Waals surface area contributed by atoms with E-state index in [1.165, 1.54) is 33.5 Å². The van der Waals surface area contributed by atoms with Gasteiger partial charge in [0.15, 0.2) is 11.2 Å². The monoisotopic (exact) mass is 1020 g/mol. The van der Waals surface area contributed by atoms with Gasteiger partial charge in [0.1, 0.15) is 11.2 Å². The third-order valence-corrected chi connectivity index (χ3v) is 12.5. The number of anilines is 6. The highest BCUT2D eigenvalue weighted by molar-refractivity contribution is 9.10. The Labute approximate surface area is 419 Å². The van der Waals surface area contributed by atoms with Gasteiger partial charge in [0.25, 0.3) is 0 Å². The van der Waals surface area contributed by atoms with Gasteiger partial charge in [-0.05, 0) is 98.9 Å². The summed E-state index contributed by atoms with van der Waals surface area (Å²) in [7, 11) is 0. The molecule has 0 N–H and O–H groups in total. The van der Waals surface area contributed by atoms with Crippen LogP contribution in [0.1, 0.15) is 97.8 Å². The maximum Gasteiger partial charge on any atom is 0.159 e. The molecule has 2 heterocycles. The third kappa shape index (κ3) is 10.3. The van der Waals surface area contributed by atoms with Gasteiger partial charge in [0, 0.05) is 54.2 Å². The summed E-state index contributed by atoms with van der Waals surface area (Å²) in [6.07, 6.45) is 0. The summed E-state index contributed by atoms with van der Waals surface area (Å²) in [4.78, 5) is 4.66. The Balaban J connectivity index is 0.000000168. The number of alkyl halides is 1. The van der Waals surface area contributed by atoms with E-state index in [1.54, 1.807) is 0 Å². The number of hydrogen-bond acceptors (Lipinski definition) is 4. The van der Waals surface area contributed by atoms with Gasteiger partial charge in [-0.15, -0.1) is 0 Å². The molecule has 4 nitrogen and oxygen atoms in total. The fourth-order valence-corrected chi connectivity index (χ4v) is 9.29. The number of furan rings is 2. The minimum atomic E-state index is -0.00307. The van der Waals surface area contributed by atoms with Gasteiger partial charge in [-0.1, -0.05) is 213 Å². The van der Waals surface area contributed by atoms with Crippen LogP contribution in [0.3, 0.4) is 0 Å². The van der Waals surface area contributed by atoms with Crippen molar-refractivity contribution in [2.24, 2.45) is 0 Å². The van der Waals surface area contributed by atoms with Crippen LogP contribution in [-0.2, 0) is 5.41 Å². The molecule has 0 unspecified atom stereocenters. The topological polar surface area (TPSA) is 32.8 Å². The van der Waals surface area contributed by atoms with Gasteiger partial charge >= 0.3 is 0 Å². The average molecular weight is 1030 g/mol. The van der Waals surface area contributed by atoms with Crippen molar-refractivity contribution in [1.29, 1.82) is 0 Å². The van der Waals surface area contributed by atoms with E-state index in [1.807, 2.05) is 6.07 Å². The highest BCUT2D eigenvalue weighted by Crippen LogP contribution is 2.47. The highest BCUT2D eigenvalue weighted by Gasteiger charge is 2.26. The molecule has 0 fully saturated rings. The van der Waals surface area contributed by atoms with Crippen LogP contribution in [0.4, 0.5) is 34.1 Å². The molecule has 0 amide bonds. The zero-order chi connectivity index (χ0) is 48.3. The molecule has 10 rings (SSSR count). The standard InChI is InChI=1S/C31H31NO.C27H22BrNO.C4H9Br/c1-21(2)23-15-9-10-19-27(23)32(22-13-7-6-8-14-22)28-20-12-17-25-24-16-11-18-26(31(3,4)5)29(24)33-30(25)28;1-18(2)20-12-6-7-16-24(20)29(19-10-4-3-5-11-19)25-17-9-14-22-21-13-8-15-23(28)26(21)30-27(22)25;1-4(2,3)5/h6-21H,1-5H3;3-18H,1-2H3;1-3H3. The van der Waals surface area contributed by atoms with Crippen LogP contribution in [0.25, 0.3) is 43.9 Å². The third-order valence-electron chi connectivity index (χ3n) is 11.9. The maximum absolute atomic E-state index is 6.72. The van der Waals surface area contributed by atoms with Gasteiger partial charge in [0.2, 0.25) is 0 Å². The first kappa shape index (κ1) is 48.4. The van der Waals surface area contributed by atoms with Crippen molar-refractivity contribution >= 4 is 110 Å². The Morgan fingerprint density at radius 1 is 0.382 bits per heavy atom. The summed E-state index contributed by atoms with van der Waals surface area (Å²) in [5.41, 5.74) is 14.2. The van der Waals surface area contributed by atoms with Crippen molar-refractivity contribution < 1.29 is 8.83 Å². The second-order valence-electron chi connectivity index (χ2n) is 19.9. The van der Waals surface area contributed by atoms with Gasteiger partial charge in [0.05, 0.1) is 15.8 Å². The van der Waals surface area contributed by atoms with Crippen molar-refractivity contribution in [2.75, 3.05) is 9.80 Å². The van der Waals surface area contributed by atoms with E-state index in [2.05, 4.69) is 287 Å². The lowest BCUT2D eigenvalue weighted by molar-refractivity contribution is 0.573. The van der Waals surface area contributed by atoms with Crippen molar-refractivity contribution in [2.45, 2.75) is 90.8 Å². The summed E-state index contributed by atoms with van der Waals surface area (Å²) < 4.78 is 14.5. The van der Waals surface area contributed by atoms with Crippen molar-refractivity contribution in [3.63, 3.8) is 0 Å². The number of fused-ring (bicyclic) bond motifs is 6. The van der Waals surface area contributed by atoms with E-state index >= 15 is 0 Å². The van der Waals surface area contributed by atoms with Crippen LogP contribution in [-0.4, -0.2) is 4.32 Å². The molecule has 2 aromatic heterocycles.